The lowest BCUT2D eigenvalue weighted by Gasteiger charge is -2.40. The van der Waals surface area contributed by atoms with E-state index in [0.717, 1.165) is 69.2 Å². The molecule has 1 fully saturated rings. The molecule has 5 rings (SSSR count). The summed E-state index contributed by atoms with van der Waals surface area (Å²) >= 11 is 1.90. The molecule has 4 aliphatic heterocycles. The summed E-state index contributed by atoms with van der Waals surface area (Å²) in [6.07, 6.45) is 7.58. The molecule has 1 N–H and O–H groups in total. The van der Waals surface area contributed by atoms with E-state index in [1.54, 1.807) is 7.11 Å². The zero-order valence-electron chi connectivity index (χ0n) is 19.9. The van der Waals surface area contributed by atoms with Crippen molar-refractivity contribution in [2.75, 3.05) is 39.8 Å². The maximum atomic E-state index is 13.7. The van der Waals surface area contributed by atoms with Crippen molar-refractivity contribution in [3.63, 3.8) is 0 Å². The Bertz CT molecular complexity index is 944. The zero-order valence-corrected chi connectivity index (χ0v) is 20.7. The van der Waals surface area contributed by atoms with Gasteiger partial charge in [-0.25, -0.2) is 0 Å². The Kier molecular flexibility index (Phi) is 6.61. The van der Waals surface area contributed by atoms with Crippen LogP contribution in [-0.2, 0) is 11.2 Å². The highest BCUT2D eigenvalue weighted by Gasteiger charge is 2.45. The predicted octanol–water partition coefficient (Wildman–Crippen LogP) is 3.74. The van der Waals surface area contributed by atoms with Crippen molar-refractivity contribution in [2.24, 2.45) is 5.92 Å². The van der Waals surface area contributed by atoms with Crippen LogP contribution in [0.2, 0.25) is 0 Å². The number of methoxy groups -OCH3 is 1. The largest absolute Gasteiger partial charge is 0.493 e. The van der Waals surface area contributed by atoms with E-state index in [1.807, 2.05) is 30.5 Å². The van der Waals surface area contributed by atoms with Crippen LogP contribution in [0.4, 0.5) is 0 Å². The third-order valence-corrected chi connectivity index (χ3v) is 8.29. The van der Waals surface area contributed by atoms with Crippen LogP contribution in [0.1, 0.15) is 43.9 Å². The SMILES string of the molecule is COc1cc2c(cc1OC(C)C)C1C(C3CC=CS3)C=C(C(=O)N3CCCNCC3)N1CC2. The molecule has 178 valence electrons. The molecule has 1 amide bonds. The molecule has 33 heavy (non-hydrogen) atoms. The van der Waals surface area contributed by atoms with Gasteiger partial charge < -0.3 is 24.6 Å². The number of nitrogens with one attached hydrogen (secondary N) is 1. The van der Waals surface area contributed by atoms with Crippen molar-refractivity contribution < 1.29 is 14.3 Å². The number of fused-ring (bicyclic) bond motifs is 3. The molecule has 0 radical (unpaired) electrons. The van der Waals surface area contributed by atoms with Crippen LogP contribution in [0.25, 0.3) is 0 Å². The van der Waals surface area contributed by atoms with Gasteiger partial charge in [0.25, 0.3) is 5.91 Å². The van der Waals surface area contributed by atoms with Gasteiger partial charge in [0.05, 0.1) is 25.0 Å². The molecular weight excluding hydrogens is 434 g/mol. The minimum Gasteiger partial charge on any atom is -0.493 e. The average molecular weight is 470 g/mol. The highest BCUT2D eigenvalue weighted by Crippen LogP contribution is 2.51. The van der Waals surface area contributed by atoms with Gasteiger partial charge in [0.15, 0.2) is 11.5 Å². The van der Waals surface area contributed by atoms with E-state index in [9.17, 15) is 4.79 Å². The maximum absolute atomic E-state index is 13.7. The Labute approximate surface area is 201 Å². The van der Waals surface area contributed by atoms with E-state index >= 15 is 0 Å². The standard InChI is InChI=1S/C26H35N3O3S/c1-17(2)32-23-16-19-18(14-22(23)31-3)7-11-29-21(26(30)28-10-5-8-27-9-12-28)15-20(25(19)29)24-6-4-13-33-24/h4,13-17,20,24-25,27H,5-12H2,1-3H3. The van der Waals surface area contributed by atoms with Crippen LogP contribution in [-0.4, -0.2) is 66.9 Å². The topological polar surface area (TPSA) is 54.0 Å². The summed E-state index contributed by atoms with van der Waals surface area (Å²) in [6, 6.07) is 4.50. The van der Waals surface area contributed by atoms with Crippen molar-refractivity contribution in [3.8, 4) is 11.5 Å². The number of allylic oxidation sites excluding steroid dienone is 1. The summed E-state index contributed by atoms with van der Waals surface area (Å²) < 4.78 is 11.8. The second-order valence-corrected chi connectivity index (χ2v) is 10.7. The summed E-state index contributed by atoms with van der Waals surface area (Å²) in [6.45, 7) is 8.39. The number of amides is 1. The average Bonchev–Trinajstić information content (AvgIpc) is 3.38. The second-order valence-electron chi connectivity index (χ2n) is 9.56. The van der Waals surface area contributed by atoms with Crippen molar-refractivity contribution in [3.05, 3.63) is 46.5 Å². The first-order valence-electron chi connectivity index (χ1n) is 12.2. The highest BCUT2D eigenvalue weighted by atomic mass is 32.2. The number of nitrogens with zero attached hydrogens (tertiary/aromatic N) is 2. The number of benzene rings is 1. The van der Waals surface area contributed by atoms with Crippen LogP contribution in [0.3, 0.4) is 0 Å². The van der Waals surface area contributed by atoms with Gasteiger partial charge in [-0.3, -0.25) is 4.79 Å². The summed E-state index contributed by atoms with van der Waals surface area (Å²) in [5, 5.41) is 6.08. The normalized spacial score (nSPS) is 26.7. The van der Waals surface area contributed by atoms with Crippen LogP contribution in [0, 0.1) is 5.92 Å². The lowest BCUT2D eigenvalue weighted by atomic mass is 9.84. The van der Waals surface area contributed by atoms with E-state index in [0.29, 0.717) is 5.25 Å². The van der Waals surface area contributed by atoms with Crippen LogP contribution < -0.4 is 14.8 Å². The van der Waals surface area contributed by atoms with Gasteiger partial charge in [-0.15, -0.1) is 11.8 Å². The molecule has 1 aromatic carbocycles. The molecule has 4 heterocycles. The Hall–Kier alpha value is -2.12. The van der Waals surface area contributed by atoms with E-state index in [2.05, 4.69) is 39.9 Å². The first-order valence-corrected chi connectivity index (χ1v) is 13.2. The molecule has 4 aliphatic rings. The summed E-state index contributed by atoms with van der Waals surface area (Å²) in [7, 11) is 1.71. The number of ether oxygens (including phenoxy) is 2. The van der Waals surface area contributed by atoms with Gasteiger partial charge in [-0.1, -0.05) is 6.08 Å². The molecule has 1 aromatic rings. The lowest BCUT2D eigenvalue weighted by molar-refractivity contribution is -0.128. The molecule has 0 aromatic heterocycles. The first-order chi connectivity index (χ1) is 16.1. The molecule has 7 heteroatoms. The monoisotopic (exact) mass is 469 g/mol. The molecule has 6 nitrogen and oxygen atoms in total. The van der Waals surface area contributed by atoms with Gasteiger partial charge in [0.2, 0.25) is 0 Å². The molecule has 0 saturated carbocycles. The lowest BCUT2D eigenvalue weighted by Crippen LogP contribution is -2.42. The fourth-order valence-corrected chi connectivity index (χ4v) is 6.64. The van der Waals surface area contributed by atoms with Crippen LogP contribution in [0.15, 0.2) is 35.4 Å². The Morgan fingerprint density at radius 1 is 1.18 bits per heavy atom. The number of thioether (sulfide) groups is 1. The molecule has 0 spiro atoms. The number of carbonyl (C=O) groups excluding carboxylic acids is 1. The molecule has 0 bridgehead atoms. The quantitative estimate of drug-likeness (QED) is 0.709. The molecular formula is C26H35N3O3S. The summed E-state index contributed by atoms with van der Waals surface area (Å²) in [5.41, 5.74) is 3.49. The second kappa shape index (κ2) is 9.63. The van der Waals surface area contributed by atoms with Gasteiger partial charge in [0.1, 0.15) is 0 Å². The summed E-state index contributed by atoms with van der Waals surface area (Å²) in [5.74, 6) is 2.07. The Morgan fingerprint density at radius 3 is 2.82 bits per heavy atom. The van der Waals surface area contributed by atoms with Crippen LogP contribution >= 0.6 is 11.8 Å². The Balaban J connectivity index is 1.52. The minimum atomic E-state index is 0.0671. The van der Waals surface area contributed by atoms with E-state index in [4.69, 9.17) is 9.47 Å². The third-order valence-electron chi connectivity index (χ3n) is 7.08. The third kappa shape index (κ3) is 4.37. The van der Waals surface area contributed by atoms with E-state index in [-0.39, 0.29) is 24.0 Å². The fourth-order valence-electron chi connectivity index (χ4n) is 5.58. The van der Waals surface area contributed by atoms with Crippen LogP contribution in [0.5, 0.6) is 11.5 Å². The molecule has 0 aliphatic carbocycles. The summed E-state index contributed by atoms with van der Waals surface area (Å²) in [4.78, 5) is 18.1. The maximum Gasteiger partial charge on any atom is 0.269 e. The number of carbonyl (C=O) groups is 1. The fraction of sp³-hybridized carbons (Fsp3) is 0.577. The number of rotatable bonds is 5. The number of hydrogen-bond acceptors (Lipinski definition) is 6. The van der Waals surface area contributed by atoms with Gasteiger partial charge in [0, 0.05) is 37.3 Å². The first kappa shape index (κ1) is 22.7. The molecule has 3 atom stereocenters. The van der Waals surface area contributed by atoms with E-state index < -0.39 is 0 Å². The predicted molar refractivity (Wildman–Crippen MR) is 133 cm³/mol. The van der Waals surface area contributed by atoms with Crippen molar-refractivity contribution in [2.45, 2.75) is 50.5 Å². The van der Waals surface area contributed by atoms with Crippen molar-refractivity contribution in [1.29, 1.82) is 0 Å². The number of hydrogen-bond donors (Lipinski definition) is 1. The van der Waals surface area contributed by atoms with E-state index in [1.165, 1.54) is 11.1 Å². The molecule has 3 unspecified atom stereocenters. The Morgan fingerprint density at radius 2 is 2.06 bits per heavy atom. The van der Waals surface area contributed by atoms with Crippen molar-refractivity contribution >= 4 is 17.7 Å². The smallest absolute Gasteiger partial charge is 0.269 e. The minimum absolute atomic E-state index is 0.0671. The van der Waals surface area contributed by atoms with Gasteiger partial charge >= 0.3 is 0 Å². The van der Waals surface area contributed by atoms with Gasteiger partial charge in [-0.05, 0) is 74.4 Å². The van der Waals surface area contributed by atoms with Gasteiger partial charge in [-0.2, -0.15) is 0 Å². The zero-order chi connectivity index (χ0) is 22.9. The molecule has 1 saturated heterocycles. The van der Waals surface area contributed by atoms with Crippen molar-refractivity contribution in [1.82, 2.24) is 15.1 Å². The highest BCUT2D eigenvalue weighted by molar-refractivity contribution is 8.03.